The van der Waals surface area contributed by atoms with Crippen LogP contribution in [0.5, 0.6) is 5.75 Å². The van der Waals surface area contributed by atoms with Crippen molar-refractivity contribution in [1.82, 2.24) is 0 Å². The number of hydrogen-bond acceptors (Lipinski definition) is 1. The van der Waals surface area contributed by atoms with Gasteiger partial charge in [0, 0.05) is 6.07 Å². The van der Waals surface area contributed by atoms with Crippen molar-refractivity contribution in [1.29, 1.82) is 0 Å². The molecule has 0 amide bonds. The Hall–Kier alpha value is -0.423. The highest BCUT2D eigenvalue weighted by Crippen LogP contribution is 2.31. The van der Waals surface area contributed by atoms with E-state index in [1.165, 1.54) is 0 Å². The summed E-state index contributed by atoms with van der Waals surface area (Å²) in [7, 11) is -0.562. The molecule has 1 aromatic carbocycles. The molecule has 1 aromatic rings. The fourth-order valence-electron chi connectivity index (χ4n) is 1.02. The van der Waals surface area contributed by atoms with Crippen molar-refractivity contribution in [3.05, 3.63) is 28.2 Å². The zero-order valence-corrected chi connectivity index (χ0v) is 13.0. The molecular formula is C12H16BrF2OSi. The summed E-state index contributed by atoms with van der Waals surface area (Å²) in [5, 5.41) is 0.0145. The summed E-state index contributed by atoms with van der Waals surface area (Å²) in [5.41, 5.74) is 0. The molecule has 5 heteroatoms. The summed E-state index contributed by atoms with van der Waals surface area (Å²) < 4.78 is 32.2. The Labute approximate surface area is 111 Å². The van der Waals surface area contributed by atoms with Gasteiger partial charge >= 0.3 is 0 Å². The number of benzene rings is 1. The Morgan fingerprint density at radius 2 is 1.82 bits per heavy atom. The second kappa shape index (κ2) is 5.48. The molecule has 1 rings (SSSR count). The fourth-order valence-corrected chi connectivity index (χ4v) is 1.69. The SMILES string of the molecule is C[Si](C)C(C)(C)COc1cc(F)c(Br)cc1F. The standard InChI is InChI=1S/C12H16BrF2OSi/c1-12(2,17(3)4)7-16-11-6-9(14)8(13)5-10(11)15/h5-6H,7H2,1-4H3. The molecule has 0 spiro atoms. The van der Waals surface area contributed by atoms with Gasteiger partial charge in [-0.1, -0.05) is 26.9 Å². The average molecular weight is 322 g/mol. The first-order chi connectivity index (χ1) is 7.74. The van der Waals surface area contributed by atoms with Crippen LogP contribution in [0.3, 0.4) is 0 Å². The molecule has 95 valence electrons. The normalized spacial score (nSPS) is 12.0. The van der Waals surface area contributed by atoms with Crippen LogP contribution in [0.1, 0.15) is 13.8 Å². The van der Waals surface area contributed by atoms with Gasteiger partial charge in [-0.2, -0.15) is 0 Å². The minimum Gasteiger partial charge on any atom is -0.490 e. The molecule has 0 aromatic heterocycles. The third-order valence-corrected chi connectivity index (χ3v) is 6.38. The minimum atomic E-state index is -0.562. The molecule has 0 atom stereocenters. The second-order valence-corrected chi connectivity index (χ2v) is 9.08. The smallest absolute Gasteiger partial charge is 0.166 e. The first-order valence-electron chi connectivity index (χ1n) is 5.32. The Kier molecular flexibility index (Phi) is 4.72. The first-order valence-corrected chi connectivity index (χ1v) is 8.61. The average Bonchev–Trinajstić information content (AvgIpc) is 2.21. The lowest BCUT2D eigenvalue weighted by molar-refractivity contribution is 0.263. The van der Waals surface area contributed by atoms with E-state index in [0.717, 1.165) is 12.1 Å². The van der Waals surface area contributed by atoms with Gasteiger partial charge in [0.05, 0.1) is 19.9 Å². The molecule has 0 unspecified atom stereocenters. The van der Waals surface area contributed by atoms with Crippen molar-refractivity contribution in [3.63, 3.8) is 0 Å². The summed E-state index contributed by atoms with van der Waals surface area (Å²) in [4.78, 5) is 0. The van der Waals surface area contributed by atoms with Gasteiger partial charge in [-0.3, -0.25) is 0 Å². The predicted octanol–water partition coefficient (Wildman–Crippen LogP) is 4.64. The van der Waals surface area contributed by atoms with Crippen molar-refractivity contribution in [2.24, 2.45) is 0 Å². The van der Waals surface area contributed by atoms with E-state index in [-0.39, 0.29) is 15.3 Å². The summed E-state index contributed by atoms with van der Waals surface area (Å²) in [6, 6.07) is 2.16. The van der Waals surface area contributed by atoms with E-state index in [0.29, 0.717) is 6.61 Å². The highest BCUT2D eigenvalue weighted by molar-refractivity contribution is 9.10. The fraction of sp³-hybridized carbons (Fsp3) is 0.500. The zero-order chi connectivity index (χ0) is 13.2. The maximum atomic E-state index is 13.5. The number of hydrogen-bond donors (Lipinski definition) is 0. The van der Waals surface area contributed by atoms with E-state index in [1.807, 2.05) is 0 Å². The Morgan fingerprint density at radius 1 is 1.24 bits per heavy atom. The second-order valence-electron chi connectivity index (χ2n) is 4.87. The molecule has 0 fully saturated rings. The van der Waals surface area contributed by atoms with Crippen LogP contribution in [0.25, 0.3) is 0 Å². The number of rotatable bonds is 4. The number of ether oxygens (including phenoxy) is 1. The van der Waals surface area contributed by atoms with Gasteiger partial charge in [0.2, 0.25) is 0 Å². The first kappa shape index (κ1) is 14.6. The van der Waals surface area contributed by atoms with Gasteiger partial charge in [0.1, 0.15) is 5.82 Å². The van der Waals surface area contributed by atoms with Crippen LogP contribution in [0.4, 0.5) is 8.78 Å². The van der Waals surface area contributed by atoms with E-state index in [4.69, 9.17) is 4.74 Å². The van der Waals surface area contributed by atoms with Crippen molar-refractivity contribution in [3.8, 4) is 5.75 Å². The van der Waals surface area contributed by atoms with Gasteiger partial charge in [-0.25, -0.2) is 8.78 Å². The van der Waals surface area contributed by atoms with Crippen LogP contribution in [0.2, 0.25) is 18.1 Å². The van der Waals surface area contributed by atoms with E-state index < -0.39 is 20.4 Å². The van der Waals surface area contributed by atoms with Crippen LogP contribution in [-0.2, 0) is 0 Å². The van der Waals surface area contributed by atoms with Crippen LogP contribution in [-0.4, -0.2) is 15.4 Å². The maximum Gasteiger partial charge on any atom is 0.166 e. The molecule has 0 aliphatic rings. The van der Waals surface area contributed by atoms with Gasteiger partial charge in [-0.15, -0.1) is 0 Å². The zero-order valence-electron chi connectivity index (χ0n) is 10.4. The quantitative estimate of drug-likeness (QED) is 0.579. The van der Waals surface area contributed by atoms with Gasteiger partial charge in [0.15, 0.2) is 11.6 Å². The summed E-state index contributed by atoms with van der Waals surface area (Å²) in [6.45, 7) is 8.90. The molecule has 17 heavy (non-hydrogen) atoms. The monoisotopic (exact) mass is 321 g/mol. The number of halogens is 3. The summed E-state index contributed by atoms with van der Waals surface area (Å²) >= 11 is 2.93. The molecule has 0 aliphatic carbocycles. The van der Waals surface area contributed by atoms with Gasteiger partial charge < -0.3 is 4.74 Å². The maximum absolute atomic E-state index is 13.5. The highest BCUT2D eigenvalue weighted by atomic mass is 79.9. The molecule has 0 N–H and O–H groups in total. The molecule has 0 aliphatic heterocycles. The molecule has 0 saturated heterocycles. The van der Waals surface area contributed by atoms with Crippen LogP contribution >= 0.6 is 15.9 Å². The lowest BCUT2D eigenvalue weighted by atomic mass is 10.2. The lowest BCUT2D eigenvalue weighted by Crippen LogP contribution is -2.27. The Balaban J connectivity index is 2.80. The van der Waals surface area contributed by atoms with E-state index in [1.54, 1.807) is 0 Å². The molecule has 0 heterocycles. The van der Waals surface area contributed by atoms with Gasteiger partial charge in [-0.05, 0) is 27.0 Å². The third-order valence-electron chi connectivity index (χ3n) is 2.92. The molecular weight excluding hydrogens is 306 g/mol. The molecule has 0 bridgehead atoms. The van der Waals surface area contributed by atoms with Crippen molar-refractivity contribution in [2.45, 2.75) is 32.0 Å². The molecule has 1 nitrogen and oxygen atoms in total. The van der Waals surface area contributed by atoms with Crippen molar-refractivity contribution < 1.29 is 13.5 Å². The van der Waals surface area contributed by atoms with Crippen molar-refractivity contribution in [2.75, 3.05) is 6.61 Å². The van der Waals surface area contributed by atoms with Gasteiger partial charge in [0.25, 0.3) is 0 Å². The molecule has 0 saturated carbocycles. The van der Waals surface area contributed by atoms with Crippen LogP contribution in [0.15, 0.2) is 16.6 Å². The lowest BCUT2D eigenvalue weighted by Gasteiger charge is -2.27. The minimum absolute atomic E-state index is 0.0145. The van der Waals surface area contributed by atoms with E-state index >= 15 is 0 Å². The van der Waals surface area contributed by atoms with E-state index in [2.05, 4.69) is 42.9 Å². The third kappa shape index (κ3) is 3.78. The van der Waals surface area contributed by atoms with E-state index in [9.17, 15) is 8.78 Å². The summed E-state index contributed by atoms with van der Waals surface area (Å²) in [5.74, 6) is -1.09. The largest absolute Gasteiger partial charge is 0.490 e. The Morgan fingerprint density at radius 3 is 2.35 bits per heavy atom. The highest BCUT2D eigenvalue weighted by Gasteiger charge is 2.25. The van der Waals surface area contributed by atoms with Crippen LogP contribution < -0.4 is 4.74 Å². The molecule has 1 radical (unpaired) electrons. The Bertz CT molecular complexity index is 408. The van der Waals surface area contributed by atoms with Crippen molar-refractivity contribution >= 4 is 24.7 Å². The topological polar surface area (TPSA) is 9.23 Å². The summed E-state index contributed by atoms with van der Waals surface area (Å²) in [6.07, 6.45) is 0. The van der Waals surface area contributed by atoms with Crippen LogP contribution in [0, 0.1) is 11.6 Å². The predicted molar refractivity (Wildman–Crippen MR) is 71.1 cm³/mol.